The SMILES string of the molecule is NCCCCC(=O)Nc1cccc(Cl)c1F. The van der Waals surface area contributed by atoms with E-state index in [4.69, 9.17) is 17.3 Å². The Labute approximate surface area is 98.8 Å². The van der Waals surface area contributed by atoms with Crippen molar-refractivity contribution in [3.8, 4) is 0 Å². The number of amides is 1. The first-order chi connectivity index (χ1) is 7.65. The minimum absolute atomic E-state index is 0.000224. The first-order valence-corrected chi connectivity index (χ1v) is 5.47. The number of hydrogen-bond donors (Lipinski definition) is 2. The van der Waals surface area contributed by atoms with E-state index in [0.29, 0.717) is 19.4 Å². The van der Waals surface area contributed by atoms with Gasteiger partial charge < -0.3 is 11.1 Å². The lowest BCUT2D eigenvalue weighted by atomic mass is 10.2. The summed E-state index contributed by atoms with van der Waals surface area (Å²) in [5, 5.41) is 2.47. The molecule has 5 heteroatoms. The molecule has 0 aliphatic heterocycles. The minimum Gasteiger partial charge on any atom is -0.330 e. The van der Waals surface area contributed by atoms with Gasteiger partial charge in [0.2, 0.25) is 5.91 Å². The molecule has 1 rings (SSSR count). The van der Waals surface area contributed by atoms with Crippen LogP contribution in [0.3, 0.4) is 0 Å². The van der Waals surface area contributed by atoms with Crippen molar-refractivity contribution in [2.75, 3.05) is 11.9 Å². The second-order valence-electron chi connectivity index (χ2n) is 3.40. The van der Waals surface area contributed by atoms with Crippen molar-refractivity contribution in [2.45, 2.75) is 19.3 Å². The Kier molecular flexibility index (Phi) is 5.22. The molecule has 88 valence electrons. The molecular formula is C11H14ClFN2O. The average Bonchev–Trinajstić information content (AvgIpc) is 2.25. The molecule has 0 atom stereocenters. The molecule has 0 aliphatic rings. The normalized spacial score (nSPS) is 10.2. The molecular weight excluding hydrogens is 231 g/mol. The van der Waals surface area contributed by atoms with Gasteiger partial charge in [-0.05, 0) is 31.5 Å². The maximum atomic E-state index is 13.4. The second kappa shape index (κ2) is 6.45. The molecule has 0 bridgehead atoms. The summed E-state index contributed by atoms with van der Waals surface area (Å²) < 4.78 is 13.4. The summed E-state index contributed by atoms with van der Waals surface area (Å²) in [5.74, 6) is -0.828. The predicted molar refractivity (Wildman–Crippen MR) is 62.9 cm³/mol. The zero-order valence-electron chi connectivity index (χ0n) is 8.80. The van der Waals surface area contributed by atoms with E-state index in [1.165, 1.54) is 12.1 Å². The van der Waals surface area contributed by atoms with E-state index in [0.717, 1.165) is 6.42 Å². The Bertz CT molecular complexity index is 371. The maximum Gasteiger partial charge on any atom is 0.224 e. The first kappa shape index (κ1) is 12.9. The summed E-state index contributed by atoms with van der Waals surface area (Å²) in [4.78, 5) is 11.4. The van der Waals surface area contributed by atoms with Gasteiger partial charge >= 0.3 is 0 Å². The molecule has 0 heterocycles. The number of halogens is 2. The van der Waals surface area contributed by atoms with E-state index in [2.05, 4.69) is 5.32 Å². The minimum atomic E-state index is -0.601. The van der Waals surface area contributed by atoms with Crippen LogP contribution < -0.4 is 11.1 Å². The molecule has 3 N–H and O–H groups in total. The van der Waals surface area contributed by atoms with Crippen molar-refractivity contribution in [1.82, 2.24) is 0 Å². The third-order valence-electron chi connectivity index (χ3n) is 2.08. The van der Waals surface area contributed by atoms with E-state index < -0.39 is 5.82 Å². The molecule has 0 saturated carbocycles. The van der Waals surface area contributed by atoms with Gasteiger partial charge in [0.15, 0.2) is 5.82 Å². The summed E-state index contributed by atoms with van der Waals surface area (Å²) >= 11 is 5.58. The van der Waals surface area contributed by atoms with Crippen LogP contribution in [-0.2, 0) is 4.79 Å². The van der Waals surface area contributed by atoms with Gasteiger partial charge in [-0.1, -0.05) is 17.7 Å². The number of hydrogen-bond acceptors (Lipinski definition) is 2. The summed E-state index contributed by atoms with van der Waals surface area (Å²) in [6.45, 7) is 0.554. The van der Waals surface area contributed by atoms with Gasteiger partial charge in [-0.3, -0.25) is 4.79 Å². The van der Waals surface area contributed by atoms with Gasteiger partial charge in [0, 0.05) is 6.42 Å². The van der Waals surface area contributed by atoms with Crippen LogP contribution in [0.1, 0.15) is 19.3 Å². The fourth-order valence-electron chi connectivity index (χ4n) is 1.24. The lowest BCUT2D eigenvalue weighted by Crippen LogP contribution is -2.13. The maximum absolute atomic E-state index is 13.4. The van der Waals surface area contributed by atoms with Crippen molar-refractivity contribution >= 4 is 23.2 Å². The Hall–Kier alpha value is -1.13. The Morgan fingerprint density at radius 3 is 2.88 bits per heavy atom. The first-order valence-electron chi connectivity index (χ1n) is 5.09. The third kappa shape index (κ3) is 3.79. The van der Waals surface area contributed by atoms with Crippen molar-refractivity contribution in [3.63, 3.8) is 0 Å². The topological polar surface area (TPSA) is 55.1 Å². The van der Waals surface area contributed by atoms with Crippen LogP contribution in [-0.4, -0.2) is 12.5 Å². The highest BCUT2D eigenvalue weighted by Crippen LogP contribution is 2.22. The molecule has 0 spiro atoms. The number of carbonyl (C=O) groups excluding carboxylic acids is 1. The van der Waals surface area contributed by atoms with E-state index >= 15 is 0 Å². The molecule has 3 nitrogen and oxygen atoms in total. The fraction of sp³-hybridized carbons (Fsp3) is 0.364. The number of nitrogens with one attached hydrogen (secondary N) is 1. The number of anilines is 1. The van der Waals surface area contributed by atoms with Crippen LogP contribution in [0.15, 0.2) is 18.2 Å². The highest BCUT2D eigenvalue weighted by Gasteiger charge is 2.08. The molecule has 0 aromatic heterocycles. The van der Waals surface area contributed by atoms with Crippen LogP contribution in [0.5, 0.6) is 0 Å². The highest BCUT2D eigenvalue weighted by molar-refractivity contribution is 6.31. The smallest absolute Gasteiger partial charge is 0.224 e. The number of benzene rings is 1. The molecule has 0 unspecified atom stereocenters. The number of unbranched alkanes of at least 4 members (excludes halogenated alkanes) is 1. The van der Waals surface area contributed by atoms with Crippen molar-refractivity contribution in [2.24, 2.45) is 5.73 Å². The van der Waals surface area contributed by atoms with Gasteiger partial charge in [0.1, 0.15) is 0 Å². The third-order valence-corrected chi connectivity index (χ3v) is 2.38. The Morgan fingerprint density at radius 1 is 1.44 bits per heavy atom. The molecule has 0 radical (unpaired) electrons. The number of carbonyl (C=O) groups is 1. The van der Waals surface area contributed by atoms with Crippen molar-refractivity contribution in [3.05, 3.63) is 29.0 Å². The molecule has 0 aliphatic carbocycles. The van der Waals surface area contributed by atoms with Crippen LogP contribution >= 0.6 is 11.6 Å². The largest absolute Gasteiger partial charge is 0.330 e. The molecule has 1 aromatic carbocycles. The van der Waals surface area contributed by atoms with Crippen molar-refractivity contribution in [1.29, 1.82) is 0 Å². The van der Waals surface area contributed by atoms with Crippen LogP contribution in [0.2, 0.25) is 5.02 Å². The van der Waals surface area contributed by atoms with Crippen LogP contribution in [0.25, 0.3) is 0 Å². The van der Waals surface area contributed by atoms with E-state index in [9.17, 15) is 9.18 Å². The van der Waals surface area contributed by atoms with Crippen molar-refractivity contribution < 1.29 is 9.18 Å². The number of nitrogens with two attached hydrogens (primary N) is 1. The number of rotatable bonds is 5. The molecule has 1 aromatic rings. The second-order valence-corrected chi connectivity index (χ2v) is 3.80. The zero-order valence-corrected chi connectivity index (χ0v) is 9.56. The average molecular weight is 245 g/mol. The van der Waals surface area contributed by atoms with Crippen LogP contribution in [0, 0.1) is 5.82 Å². The molecule has 1 amide bonds. The van der Waals surface area contributed by atoms with E-state index in [-0.39, 0.29) is 16.6 Å². The predicted octanol–water partition coefficient (Wildman–Crippen LogP) is 2.55. The summed E-state index contributed by atoms with van der Waals surface area (Å²) in [6.07, 6.45) is 1.82. The van der Waals surface area contributed by atoms with E-state index in [1.807, 2.05) is 0 Å². The summed E-state index contributed by atoms with van der Waals surface area (Å²) in [5.41, 5.74) is 5.42. The Morgan fingerprint density at radius 2 is 2.19 bits per heavy atom. The van der Waals surface area contributed by atoms with Gasteiger partial charge in [-0.25, -0.2) is 4.39 Å². The molecule has 0 fully saturated rings. The highest BCUT2D eigenvalue weighted by atomic mass is 35.5. The molecule has 0 saturated heterocycles. The van der Waals surface area contributed by atoms with Gasteiger partial charge in [0.25, 0.3) is 0 Å². The standard InChI is InChI=1S/C11H14ClFN2O/c12-8-4-3-5-9(11(8)13)15-10(16)6-1-2-7-14/h3-5H,1-2,6-7,14H2,(H,15,16). The summed E-state index contributed by atoms with van der Waals surface area (Å²) in [6, 6.07) is 4.49. The Balaban J connectivity index is 2.53. The van der Waals surface area contributed by atoms with Gasteiger partial charge in [0.05, 0.1) is 10.7 Å². The fourth-order valence-corrected chi connectivity index (χ4v) is 1.42. The van der Waals surface area contributed by atoms with Crippen LogP contribution in [0.4, 0.5) is 10.1 Å². The molecule has 16 heavy (non-hydrogen) atoms. The summed E-state index contributed by atoms with van der Waals surface area (Å²) in [7, 11) is 0. The quantitative estimate of drug-likeness (QED) is 0.782. The monoisotopic (exact) mass is 244 g/mol. The lowest BCUT2D eigenvalue weighted by molar-refractivity contribution is -0.116. The lowest BCUT2D eigenvalue weighted by Gasteiger charge is -2.06. The van der Waals surface area contributed by atoms with E-state index in [1.54, 1.807) is 6.07 Å². The van der Waals surface area contributed by atoms with Gasteiger partial charge in [-0.15, -0.1) is 0 Å². The zero-order chi connectivity index (χ0) is 12.0. The van der Waals surface area contributed by atoms with Gasteiger partial charge in [-0.2, -0.15) is 0 Å².